The Morgan fingerprint density at radius 2 is 1.96 bits per heavy atom. The normalized spacial score (nSPS) is 14.3. The molecule has 6 nitrogen and oxygen atoms in total. The molecule has 0 radical (unpaired) electrons. The fraction of sp³-hybridized carbons (Fsp3) is 0.444. The quantitative estimate of drug-likeness (QED) is 0.478. The molecule has 0 aliphatic carbocycles. The summed E-state index contributed by atoms with van der Waals surface area (Å²) in [5.41, 5.74) is 0.715. The summed E-state index contributed by atoms with van der Waals surface area (Å²) >= 11 is 0. The lowest BCUT2D eigenvalue weighted by molar-refractivity contribution is -0.130. The number of carbonyl (C=O) groups is 2. The molecule has 0 saturated heterocycles. The Balaban J connectivity index is 2.53. The fourth-order valence-electron chi connectivity index (χ4n) is 2.22. The number of amides is 2. The molecule has 0 spiro atoms. The first-order valence-corrected chi connectivity index (χ1v) is 7.99. The molecular weight excluding hydrogens is 308 g/mol. The molecule has 3 unspecified atom stereocenters. The van der Waals surface area contributed by atoms with Crippen molar-refractivity contribution in [2.75, 3.05) is 13.2 Å². The molecule has 1 aromatic carbocycles. The van der Waals surface area contributed by atoms with Crippen LogP contribution < -0.4 is 10.6 Å². The minimum absolute atomic E-state index is 0.00360. The average Bonchev–Trinajstić information content (AvgIpc) is 2.59. The van der Waals surface area contributed by atoms with Gasteiger partial charge in [-0.1, -0.05) is 36.4 Å². The highest BCUT2D eigenvalue weighted by Crippen LogP contribution is 2.13. The molecule has 0 heterocycles. The predicted octanol–water partition coefficient (Wildman–Crippen LogP) is 0.916. The smallest absolute Gasteiger partial charge is 0.224 e. The zero-order valence-corrected chi connectivity index (χ0v) is 13.9. The monoisotopic (exact) mass is 334 g/mol. The summed E-state index contributed by atoms with van der Waals surface area (Å²) in [5.74, 6) is -1.17. The van der Waals surface area contributed by atoms with Gasteiger partial charge < -0.3 is 20.8 Å². The average molecular weight is 334 g/mol. The third-order valence-electron chi connectivity index (χ3n) is 3.59. The Bertz CT molecular complexity index is 533. The Morgan fingerprint density at radius 3 is 2.54 bits per heavy atom. The summed E-state index contributed by atoms with van der Waals surface area (Å²) in [5, 5.41) is 24.3. The van der Waals surface area contributed by atoms with E-state index in [4.69, 9.17) is 5.11 Å². The Morgan fingerprint density at radius 1 is 1.29 bits per heavy atom. The largest absolute Gasteiger partial charge is 0.394 e. The molecule has 0 fully saturated rings. The molecule has 0 aliphatic rings. The molecule has 0 bridgehead atoms. The molecule has 3 atom stereocenters. The predicted molar refractivity (Wildman–Crippen MR) is 92.0 cm³/mol. The van der Waals surface area contributed by atoms with Crippen LogP contribution in [0.1, 0.15) is 31.4 Å². The lowest BCUT2D eigenvalue weighted by Crippen LogP contribution is -2.39. The summed E-state index contributed by atoms with van der Waals surface area (Å²) in [6.45, 7) is 5.20. The SMILES string of the molecule is C=CCC(CC(=O)NC(C)CO)C(=O)NCC(O)c1ccccc1. The molecule has 24 heavy (non-hydrogen) atoms. The lowest BCUT2D eigenvalue weighted by atomic mass is 9.99. The van der Waals surface area contributed by atoms with Crippen LogP contribution >= 0.6 is 0 Å². The van der Waals surface area contributed by atoms with Crippen molar-refractivity contribution in [1.29, 1.82) is 0 Å². The van der Waals surface area contributed by atoms with E-state index in [0.717, 1.165) is 0 Å². The molecule has 0 aliphatic heterocycles. The number of rotatable bonds is 10. The Labute approximate surface area is 142 Å². The summed E-state index contributed by atoms with van der Waals surface area (Å²) in [6.07, 6.45) is 1.14. The van der Waals surface area contributed by atoms with Crippen LogP contribution in [0.2, 0.25) is 0 Å². The number of aliphatic hydroxyl groups is 2. The second kappa shape index (κ2) is 10.6. The molecule has 6 heteroatoms. The van der Waals surface area contributed by atoms with E-state index in [-0.39, 0.29) is 37.4 Å². The number of hydrogen-bond acceptors (Lipinski definition) is 4. The second-order valence-corrected chi connectivity index (χ2v) is 5.75. The van der Waals surface area contributed by atoms with Crippen molar-refractivity contribution >= 4 is 11.8 Å². The maximum Gasteiger partial charge on any atom is 0.224 e. The van der Waals surface area contributed by atoms with Gasteiger partial charge in [-0.05, 0) is 18.9 Å². The molecular formula is C18H26N2O4. The number of benzene rings is 1. The van der Waals surface area contributed by atoms with Gasteiger partial charge in [0.25, 0.3) is 0 Å². The molecule has 132 valence electrons. The lowest BCUT2D eigenvalue weighted by Gasteiger charge is -2.18. The van der Waals surface area contributed by atoms with Crippen LogP contribution in [0.5, 0.6) is 0 Å². The Kier molecular flexibility index (Phi) is 8.75. The van der Waals surface area contributed by atoms with Gasteiger partial charge in [-0.15, -0.1) is 6.58 Å². The van der Waals surface area contributed by atoms with Gasteiger partial charge in [-0.2, -0.15) is 0 Å². The van der Waals surface area contributed by atoms with Crippen LogP contribution in [0.3, 0.4) is 0 Å². The topological polar surface area (TPSA) is 98.7 Å². The number of allylic oxidation sites excluding steroid dienone is 1. The number of hydrogen-bond donors (Lipinski definition) is 4. The van der Waals surface area contributed by atoms with Gasteiger partial charge in [-0.25, -0.2) is 0 Å². The highest BCUT2D eigenvalue weighted by Gasteiger charge is 2.22. The van der Waals surface area contributed by atoms with Gasteiger partial charge in [0, 0.05) is 19.0 Å². The van der Waals surface area contributed by atoms with E-state index in [2.05, 4.69) is 17.2 Å². The van der Waals surface area contributed by atoms with Crippen LogP contribution in [0.25, 0.3) is 0 Å². The first-order valence-electron chi connectivity index (χ1n) is 7.99. The van der Waals surface area contributed by atoms with E-state index >= 15 is 0 Å². The number of nitrogens with one attached hydrogen (secondary N) is 2. The second-order valence-electron chi connectivity index (χ2n) is 5.75. The minimum atomic E-state index is -0.803. The van der Waals surface area contributed by atoms with E-state index in [1.807, 2.05) is 18.2 Å². The summed E-state index contributed by atoms with van der Waals surface area (Å²) < 4.78 is 0. The third kappa shape index (κ3) is 6.93. The van der Waals surface area contributed by atoms with Gasteiger partial charge in [0.05, 0.1) is 18.6 Å². The molecule has 4 N–H and O–H groups in total. The molecule has 2 amide bonds. The number of carbonyl (C=O) groups excluding carboxylic acids is 2. The van der Waals surface area contributed by atoms with Crippen LogP contribution in [-0.4, -0.2) is 41.2 Å². The maximum atomic E-state index is 12.3. The molecule has 0 saturated carbocycles. The van der Waals surface area contributed by atoms with Crippen LogP contribution in [-0.2, 0) is 9.59 Å². The van der Waals surface area contributed by atoms with Crippen molar-refractivity contribution in [2.24, 2.45) is 5.92 Å². The van der Waals surface area contributed by atoms with E-state index in [0.29, 0.717) is 12.0 Å². The van der Waals surface area contributed by atoms with Crippen molar-refractivity contribution < 1.29 is 19.8 Å². The van der Waals surface area contributed by atoms with E-state index in [9.17, 15) is 14.7 Å². The third-order valence-corrected chi connectivity index (χ3v) is 3.59. The van der Waals surface area contributed by atoms with Gasteiger partial charge in [0.1, 0.15) is 0 Å². The molecule has 1 rings (SSSR count). The highest BCUT2D eigenvalue weighted by atomic mass is 16.3. The van der Waals surface area contributed by atoms with Crippen molar-refractivity contribution in [3.63, 3.8) is 0 Å². The van der Waals surface area contributed by atoms with Crippen LogP contribution in [0.4, 0.5) is 0 Å². The number of aliphatic hydroxyl groups excluding tert-OH is 2. The first-order chi connectivity index (χ1) is 11.5. The van der Waals surface area contributed by atoms with Gasteiger partial charge in [0.15, 0.2) is 0 Å². The first kappa shape index (κ1) is 19.9. The summed E-state index contributed by atoms with van der Waals surface area (Å²) in [4.78, 5) is 24.1. The van der Waals surface area contributed by atoms with Gasteiger partial charge in [-0.3, -0.25) is 9.59 Å². The summed E-state index contributed by atoms with van der Waals surface area (Å²) in [6, 6.07) is 8.68. The molecule has 1 aromatic rings. The van der Waals surface area contributed by atoms with E-state index in [1.54, 1.807) is 25.1 Å². The van der Waals surface area contributed by atoms with Gasteiger partial charge in [0.2, 0.25) is 11.8 Å². The minimum Gasteiger partial charge on any atom is -0.394 e. The zero-order chi connectivity index (χ0) is 17.9. The van der Waals surface area contributed by atoms with Crippen molar-refractivity contribution in [3.8, 4) is 0 Å². The molecule has 0 aromatic heterocycles. The fourth-order valence-corrected chi connectivity index (χ4v) is 2.22. The zero-order valence-electron chi connectivity index (χ0n) is 13.9. The van der Waals surface area contributed by atoms with Crippen molar-refractivity contribution in [3.05, 3.63) is 48.6 Å². The van der Waals surface area contributed by atoms with Crippen molar-refractivity contribution in [1.82, 2.24) is 10.6 Å². The van der Waals surface area contributed by atoms with E-state index < -0.39 is 12.0 Å². The highest BCUT2D eigenvalue weighted by molar-refractivity contribution is 5.86. The van der Waals surface area contributed by atoms with Crippen LogP contribution in [0, 0.1) is 5.92 Å². The summed E-state index contributed by atoms with van der Waals surface area (Å²) in [7, 11) is 0. The van der Waals surface area contributed by atoms with E-state index in [1.165, 1.54) is 0 Å². The van der Waals surface area contributed by atoms with Gasteiger partial charge >= 0.3 is 0 Å². The van der Waals surface area contributed by atoms with Crippen molar-refractivity contribution in [2.45, 2.75) is 31.9 Å². The maximum absolute atomic E-state index is 12.3. The Hall–Kier alpha value is -2.18. The van der Waals surface area contributed by atoms with Crippen LogP contribution in [0.15, 0.2) is 43.0 Å². The standard InChI is InChI=1S/C18H26N2O4/c1-3-7-15(10-17(23)20-13(2)12-21)18(24)19-11-16(22)14-8-5-4-6-9-14/h3-6,8-9,13,15-16,21-22H,1,7,10-12H2,2H3,(H,19,24)(H,20,23).